The van der Waals surface area contributed by atoms with E-state index in [0.29, 0.717) is 30.7 Å². The van der Waals surface area contributed by atoms with Crippen molar-refractivity contribution in [3.63, 3.8) is 0 Å². The number of ether oxygens (including phenoxy) is 1. The van der Waals surface area contributed by atoms with Gasteiger partial charge in [-0.1, -0.05) is 12.1 Å². The molecule has 0 radical (unpaired) electrons. The maximum absolute atomic E-state index is 13.4. The number of furan rings is 1. The molecule has 0 unspecified atom stereocenters. The van der Waals surface area contributed by atoms with Crippen molar-refractivity contribution in [2.24, 2.45) is 4.99 Å². The van der Waals surface area contributed by atoms with Crippen LogP contribution in [0.25, 0.3) is 0 Å². The molecule has 3 rings (SSSR count). The standard InChI is InChI=1S/C20H21FN4O2/c1-2-22-20(25-14-18-9-5-11-26-18)24-13-15-6-4-10-23-19(15)27-17-8-3-7-16(21)12-17/h3-12H,2,13-14H2,1H3,(H2,22,24,25). The van der Waals surface area contributed by atoms with Gasteiger partial charge in [0.2, 0.25) is 5.88 Å². The molecule has 140 valence electrons. The molecule has 0 saturated carbocycles. The van der Waals surface area contributed by atoms with Crippen LogP contribution in [0.3, 0.4) is 0 Å². The zero-order chi connectivity index (χ0) is 18.9. The maximum Gasteiger partial charge on any atom is 0.224 e. The average Bonchev–Trinajstić information content (AvgIpc) is 3.19. The number of hydrogen-bond donors (Lipinski definition) is 2. The van der Waals surface area contributed by atoms with Crippen LogP contribution in [0.2, 0.25) is 0 Å². The first kappa shape index (κ1) is 18.4. The first-order valence-corrected chi connectivity index (χ1v) is 8.66. The van der Waals surface area contributed by atoms with Crippen LogP contribution in [0.4, 0.5) is 4.39 Å². The lowest BCUT2D eigenvalue weighted by Crippen LogP contribution is -2.36. The van der Waals surface area contributed by atoms with E-state index in [9.17, 15) is 4.39 Å². The third kappa shape index (κ3) is 5.57. The zero-order valence-electron chi connectivity index (χ0n) is 15.0. The van der Waals surface area contributed by atoms with Crippen molar-refractivity contribution in [3.05, 3.63) is 78.1 Å². The Morgan fingerprint density at radius 3 is 2.89 bits per heavy atom. The predicted octanol–water partition coefficient (Wildman–Crippen LogP) is 3.86. The Bertz CT molecular complexity index is 881. The van der Waals surface area contributed by atoms with Crippen LogP contribution in [0.5, 0.6) is 11.6 Å². The normalized spacial score (nSPS) is 11.3. The molecule has 2 aromatic heterocycles. The van der Waals surface area contributed by atoms with E-state index in [4.69, 9.17) is 9.15 Å². The quantitative estimate of drug-likeness (QED) is 0.489. The smallest absolute Gasteiger partial charge is 0.224 e. The molecule has 1 aromatic carbocycles. The molecule has 6 nitrogen and oxygen atoms in total. The minimum atomic E-state index is -0.362. The summed E-state index contributed by atoms with van der Waals surface area (Å²) in [4.78, 5) is 8.81. The van der Waals surface area contributed by atoms with Gasteiger partial charge < -0.3 is 19.8 Å². The van der Waals surface area contributed by atoms with Gasteiger partial charge in [-0.15, -0.1) is 0 Å². The van der Waals surface area contributed by atoms with E-state index in [0.717, 1.165) is 17.9 Å². The molecular formula is C20H21FN4O2. The molecule has 27 heavy (non-hydrogen) atoms. The summed E-state index contributed by atoms with van der Waals surface area (Å²) < 4.78 is 24.4. The molecule has 0 saturated heterocycles. The van der Waals surface area contributed by atoms with E-state index in [1.54, 1.807) is 24.6 Å². The summed E-state index contributed by atoms with van der Waals surface area (Å²) in [6.45, 7) is 3.60. The Kier molecular flexibility index (Phi) is 6.40. The molecule has 0 amide bonds. The summed E-state index contributed by atoms with van der Waals surface area (Å²) in [5.41, 5.74) is 0.789. The number of halogens is 1. The highest BCUT2D eigenvalue weighted by molar-refractivity contribution is 5.79. The van der Waals surface area contributed by atoms with Gasteiger partial charge in [-0.3, -0.25) is 0 Å². The number of aliphatic imine (C=N–C) groups is 1. The number of rotatable bonds is 7. The molecule has 7 heteroatoms. The fourth-order valence-electron chi connectivity index (χ4n) is 2.37. The number of hydrogen-bond acceptors (Lipinski definition) is 4. The molecule has 0 spiro atoms. The van der Waals surface area contributed by atoms with Crippen LogP contribution >= 0.6 is 0 Å². The van der Waals surface area contributed by atoms with E-state index in [1.165, 1.54) is 12.1 Å². The summed E-state index contributed by atoms with van der Waals surface area (Å²) in [5.74, 6) is 1.89. The highest BCUT2D eigenvalue weighted by atomic mass is 19.1. The Morgan fingerprint density at radius 1 is 1.19 bits per heavy atom. The summed E-state index contributed by atoms with van der Waals surface area (Å²) in [6, 6.07) is 13.4. The van der Waals surface area contributed by atoms with E-state index in [1.807, 2.05) is 31.2 Å². The highest BCUT2D eigenvalue weighted by Crippen LogP contribution is 2.23. The van der Waals surface area contributed by atoms with Crippen molar-refractivity contribution in [1.82, 2.24) is 15.6 Å². The summed E-state index contributed by atoms with van der Waals surface area (Å²) in [5, 5.41) is 6.38. The maximum atomic E-state index is 13.4. The van der Waals surface area contributed by atoms with Gasteiger partial charge in [-0.05, 0) is 37.3 Å². The fraction of sp³-hybridized carbons (Fsp3) is 0.200. The summed E-state index contributed by atoms with van der Waals surface area (Å²) in [7, 11) is 0. The Balaban J connectivity index is 1.70. The molecule has 2 heterocycles. The minimum Gasteiger partial charge on any atom is -0.467 e. The molecule has 2 N–H and O–H groups in total. The highest BCUT2D eigenvalue weighted by Gasteiger charge is 2.07. The van der Waals surface area contributed by atoms with Gasteiger partial charge in [0.15, 0.2) is 5.96 Å². The molecular weight excluding hydrogens is 347 g/mol. The van der Waals surface area contributed by atoms with Crippen LogP contribution in [-0.4, -0.2) is 17.5 Å². The van der Waals surface area contributed by atoms with Crippen molar-refractivity contribution in [1.29, 1.82) is 0 Å². The number of nitrogens with zero attached hydrogens (tertiary/aromatic N) is 2. The summed E-state index contributed by atoms with van der Waals surface area (Å²) >= 11 is 0. The van der Waals surface area contributed by atoms with Crippen LogP contribution in [0.1, 0.15) is 18.2 Å². The molecule has 0 atom stereocenters. The lowest BCUT2D eigenvalue weighted by molar-refractivity contribution is 0.452. The van der Waals surface area contributed by atoms with Crippen molar-refractivity contribution < 1.29 is 13.5 Å². The Labute approximate surface area is 157 Å². The van der Waals surface area contributed by atoms with Crippen LogP contribution < -0.4 is 15.4 Å². The first-order valence-electron chi connectivity index (χ1n) is 8.66. The second-order valence-corrected chi connectivity index (χ2v) is 5.66. The fourth-order valence-corrected chi connectivity index (χ4v) is 2.37. The molecule has 3 aromatic rings. The molecule has 0 fully saturated rings. The summed E-state index contributed by atoms with van der Waals surface area (Å²) in [6.07, 6.45) is 3.26. The second-order valence-electron chi connectivity index (χ2n) is 5.66. The SMILES string of the molecule is CCNC(=NCc1cccnc1Oc1cccc(F)c1)NCc1ccco1. The number of pyridine rings is 1. The van der Waals surface area contributed by atoms with Crippen molar-refractivity contribution in [3.8, 4) is 11.6 Å². The van der Waals surface area contributed by atoms with E-state index >= 15 is 0 Å². The van der Waals surface area contributed by atoms with Gasteiger partial charge in [0, 0.05) is 24.4 Å². The van der Waals surface area contributed by atoms with Crippen LogP contribution in [0, 0.1) is 5.82 Å². The van der Waals surface area contributed by atoms with E-state index in [-0.39, 0.29) is 5.82 Å². The average molecular weight is 368 g/mol. The van der Waals surface area contributed by atoms with E-state index in [2.05, 4.69) is 20.6 Å². The lowest BCUT2D eigenvalue weighted by atomic mass is 10.2. The van der Waals surface area contributed by atoms with Gasteiger partial charge >= 0.3 is 0 Å². The third-order valence-corrected chi connectivity index (χ3v) is 3.62. The van der Waals surface area contributed by atoms with Crippen LogP contribution in [-0.2, 0) is 13.1 Å². The molecule has 0 aliphatic carbocycles. The van der Waals surface area contributed by atoms with Gasteiger partial charge in [-0.2, -0.15) is 0 Å². The van der Waals surface area contributed by atoms with Gasteiger partial charge in [0.1, 0.15) is 17.3 Å². The third-order valence-electron chi connectivity index (χ3n) is 3.62. The number of aromatic nitrogens is 1. The number of nitrogens with one attached hydrogen (secondary N) is 2. The molecule has 0 aliphatic rings. The largest absolute Gasteiger partial charge is 0.467 e. The predicted molar refractivity (Wildman–Crippen MR) is 101 cm³/mol. The Hall–Kier alpha value is -3.35. The van der Waals surface area contributed by atoms with Gasteiger partial charge in [-0.25, -0.2) is 14.4 Å². The van der Waals surface area contributed by atoms with Crippen LogP contribution in [0.15, 0.2) is 70.4 Å². The lowest BCUT2D eigenvalue weighted by Gasteiger charge is -2.11. The molecule has 0 aliphatic heterocycles. The number of guanidine groups is 1. The Morgan fingerprint density at radius 2 is 2.11 bits per heavy atom. The number of benzene rings is 1. The topological polar surface area (TPSA) is 71.7 Å². The van der Waals surface area contributed by atoms with Gasteiger partial charge in [0.25, 0.3) is 0 Å². The second kappa shape index (κ2) is 9.38. The first-order chi connectivity index (χ1) is 13.2. The minimum absolute atomic E-state index is 0.353. The monoisotopic (exact) mass is 368 g/mol. The van der Waals surface area contributed by atoms with Gasteiger partial charge in [0.05, 0.1) is 19.4 Å². The van der Waals surface area contributed by atoms with Crippen molar-refractivity contribution in [2.45, 2.75) is 20.0 Å². The van der Waals surface area contributed by atoms with Crippen molar-refractivity contribution in [2.75, 3.05) is 6.54 Å². The molecule has 0 bridgehead atoms. The van der Waals surface area contributed by atoms with E-state index < -0.39 is 0 Å². The van der Waals surface area contributed by atoms with Crippen molar-refractivity contribution >= 4 is 5.96 Å². The zero-order valence-corrected chi connectivity index (χ0v) is 15.0.